The van der Waals surface area contributed by atoms with Gasteiger partial charge in [-0.2, -0.15) is 10.2 Å². The third-order valence-electron chi connectivity index (χ3n) is 4.53. The second kappa shape index (κ2) is 10.1. The minimum Gasteiger partial charge on any atom is -0.316 e. The molecule has 6 nitrogen and oxygen atoms in total. The number of benzene rings is 2. The van der Waals surface area contributed by atoms with Crippen LogP contribution in [0.3, 0.4) is 0 Å². The van der Waals surface area contributed by atoms with Crippen molar-refractivity contribution in [1.29, 1.82) is 0 Å². The lowest BCUT2D eigenvalue weighted by Crippen LogP contribution is -2.20. The summed E-state index contributed by atoms with van der Waals surface area (Å²) in [5.41, 5.74) is 1.60. The van der Waals surface area contributed by atoms with Crippen molar-refractivity contribution in [2.24, 2.45) is 0 Å². The summed E-state index contributed by atoms with van der Waals surface area (Å²) in [5.74, 6) is 1.15. The van der Waals surface area contributed by atoms with E-state index in [-0.39, 0.29) is 0 Å². The Balaban J connectivity index is 1.36. The highest BCUT2D eigenvalue weighted by molar-refractivity contribution is 7.80. The molecule has 0 fully saturated rings. The van der Waals surface area contributed by atoms with E-state index < -0.39 is 0 Å². The predicted octanol–water partition coefficient (Wildman–Crippen LogP) is 6.60. The van der Waals surface area contributed by atoms with Crippen LogP contribution in [0.25, 0.3) is 0 Å². The second-order valence-electron chi connectivity index (χ2n) is 6.78. The summed E-state index contributed by atoms with van der Waals surface area (Å²) in [6.07, 6.45) is 3.62. The van der Waals surface area contributed by atoms with Crippen molar-refractivity contribution < 1.29 is 0 Å². The maximum absolute atomic E-state index is 6.24. The van der Waals surface area contributed by atoms with E-state index in [1.54, 1.807) is 57.9 Å². The summed E-state index contributed by atoms with van der Waals surface area (Å²) in [5, 5.41) is 17.7. The fourth-order valence-electron chi connectivity index (χ4n) is 2.99. The van der Waals surface area contributed by atoms with E-state index >= 15 is 0 Å². The van der Waals surface area contributed by atoms with E-state index in [1.165, 1.54) is 0 Å². The molecule has 0 aliphatic carbocycles. The number of hydrogen-bond donors (Lipinski definition) is 2. The third kappa shape index (κ3) is 5.54. The molecule has 32 heavy (non-hydrogen) atoms. The number of anilines is 2. The van der Waals surface area contributed by atoms with Crippen molar-refractivity contribution in [1.82, 2.24) is 19.6 Å². The molecule has 4 rings (SSSR count). The molecule has 0 bridgehead atoms. The summed E-state index contributed by atoms with van der Waals surface area (Å²) >= 11 is 30.3. The Hall–Kier alpha value is -2.29. The van der Waals surface area contributed by atoms with E-state index in [2.05, 4.69) is 20.8 Å². The Morgan fingerprint density at radius 1 is 0.688 bits per heavy atom. The number of aromatic nitrogens is 4. The Labute approximate surface area is 210 Å². The van der Waals surface area contributed by atoms with Crippen LogP contribution in [-0.2, 0) is 13.1 Å². The molecule has 2 aromatic carbocycles. The number of nitrogens with zero attached hydrogens (tertiary/aromatic N) is 4. The summed E-state index contributed by atoms with van der Waals surface area (Å²) < 4.78 is 3.44. The Morgan fingerprint density at radius 3 is 1.44 bits per heavy atom. The molecule has 11 heteroatoms. The normalized spacial score (nSPS) is 10.9. The fourth-order valence-corrected chi connectivity index (χ4v) is 4.23. The topological polar surface area (TPSA) is 59.7 Å². The lowest BCUT2D eigenvalue weighted by Gasteiger charge is -2.08. The first kappa shape index (κ1) is 22.9. The van der Waals surface area contributed by atoms with E-state index in [0.29, 0.717) is 49.9 Å². The van der Waals surface area contributed by atoms with Gasteiger partial charge in [0.05, 0.1) is 13.1 Å². The highest BCUT2D eigenvalue weighted by Gasteiger charge is 2.10. The lowest BCUT2D eigenvalue weighted by atomic mass is 10.2. The van der Waals surface area contributed by atoms with Gasteiger partial charge in [0.15, 0.2) is 16.7 Å². The molecule has 0 amide bonds. The third-order valence-corrected chi connectivity index (χ3v) is 6.15. The molecule has 4 aromatic rings. The SMILES string of the molecule is S=C(Nc1ccn(Cc2c(Cl)cccc2Cl)n1)Nc1ccn(Cc2c(Cl)cccc2Cl)n1. The molecule has 0 aliphatic rings. The quantitative estimate of drug-likeness (QED) is 0.278. The molecule has 0 spiro atoms. The van der Waals surface area contributed by atoms with Crippen LogP contribution in [0, 0.1) is 0 Å². The molecule has 0 atom stereocenters. The monoisotopic (exact) mass is 524 g/mol. The summed E-state index contributed by atoms with van der Waals surface area (Å²) in [6, 6.07) is 14.4. The van der Waals surface area contributed by atoms with Crippen LogP contribution in [0.15, 0.2) is 60.9 Å². The molecule has 0 saturated heterocycles. The summed E-state index contributed by atoms with van der Waals surface area (Å²) in [7, 11) is 0. The van der Waals surface area contributed by atoms with Crippen LogP contribution < -0.4 is 10.6 Å². The van der Waals surface area contributed by atoms with Gasteiger partial charge in [-0.1, -0.05) is 58.5 Å². The molecule has 2 N–H and O–H groups in total. The van der Waals surface area contributed by atoms with Gasteiger partial charge in [-0.25, -0.2) is 0 Å². The average molecular weight is 526 g/mol. The standard InChI is InChI=1S/C21H16Cl4N6S/c22-15-3-1-4-16(23)13(15)11-30-9-7-19(28-30)26-21(32)27-20-8-10-31(29-20)12-14-17(24)5-2-6-18(14)25/h1-10H,11-12H2,(H2,26,27,28,29,32). The van der Waals surface area contributed by atoms with Gasteiger partial charge >= 0.3 is 0 Å². The van der Waals surface area contributed by atoms with Crippen LogP contribution in [-0.4, -0.2) is 24.7 Å². The zero-order chi connectivity index (χ0) is 22.7. The molecule has 164 valence electrons. The summed E-state index contributed by atoms with van der Waals surface area (Å²) in [4.78, 5) is 0. The van der Waals surface area contributed by atoms with Crippen LogP contribution in [0.1, 0.15) is 11.1 Å². The van der Waals surface area contributed by atoms with Gasteiger partial charge in [0.2, 0.25) is 0 Å². The van der Waals surface area contributed by atoms with Crippen LogP contribution in [0.2, 0.25) is 20.1 Å². The number of thiocarbonyl (C=S) groups is 1. The molecule has 2 aromatic heterocycles. The molecule has 0 aliphatic heterocycles. The van der Waals surface area contributed by atoms with Crippen LogP contribution >= 0.6 is 58.6 Å². The fraction of sp³-hybridized carbons (Fsp3) is 0.0952. The molecular formula is C21H16Cl4N6S. The number of nitrogens with one attached hydrogen (secondary N) is 2. The number of hydrogen-bond acceptors (Lipinski definition) is 3. The van der Waals surface area contributed by atoms with Crippen molar-refractivity contribution >= 4 is 75.4 Å². The first-order valence-electron chi connectivity index (χ1n) is 9.40. The van der Waals surface area contributed by atoms with Gasteiger partial charge < -0.3 is 10.6 Å². The Morgan fingerprint density at radius 2 is 1.06 bits per heavy atom. The molecule has 0 radical (unpaired) electrons. The minimum atomic E-state index is 0.354. The molecular weight excluding hydrogens is 510 g/mol. The maximum Gasteiger partial charge on any atom is 0.177 e. The van der Waals surface area contributed by atoms with Crippen molar-refractivity contribution in [3.63, 3.8) is 0 Å². The zero-order valence-electron chi connectivity index (χ0n) is 16.4. The van der Waals surface area contributed by atoms with Crippen LogP contribution in [0.5, 0.6) is 0 Å². The predicted molar refractivity (Wildman–Crippen MR) is 135 cm³/mol. The largest absolute Gasteiger partial charge is 0.316 e. The smallest absolute Gasteiger partial charge is 0.177 e. The Kier molecular flexibility index (Phi) is 7.23. The van der Waals surface area contributed by atoms with Gasteiger partial charge in [0, 0.05) is 55.7 Å². The van der Waals surface area contributed by atoms with Crippen LogP contribution in [0.4, 0.5) is 11.6 Å². The first-order valence-corrected chi connectivity index (χ1v) is 11.3. The minimum absolute atomic E-state index is 0.354. The average Bonchev–Trinajstić information content (AvgIpc) is 3.37. The van der Waals surface area contributed by atoms with Crippen molar-refractivity contribution in [3.8, 4) is 0 Å². The van der Waals surface area contributed by atoms with E-state index in [1.807, 2.05) is 12.4 Å². The lowest BCUT2D eigenvalue weighted by molar-refractivity contribution is 0.689. The zero-order valence-corrected chi connectivity index (χ0v) is 20.2. The van der Waals surface area contributed by atoms with Crippen molar-refractivity contribution in [2.45, 2.75) is 13.1 Å². The van der Waals surface area contributed by atoms with Gasteiger partial charge in [-0.05, 0) is 36.5 Å². The van der Waals surface area contributed by atoms with Gasteiger partial charge in [0.25, 0.3) is 0 Å². The first-order chi connectivity index (χ1) is 15.4. The summed E-state index contributed by atoms with van der Waals surface area (Å²) in [6.45, 7) is 0.880. The highest BCUT2D eigenvalue weighted by Crippen LogP contribution is 2.26. The molecule has 0 unspecified atom stereocenters. The maximum atomic E-state index is 6.24. The van der Waals surface area contributed by atoms with Crippen molar-refractivity contribution in [2.75, 3.05) is 10.6 Å². The highest BCUT2D eigenvalue weighted by atomic mass is 35.5. The van der Waals surface area contributed by atoms with E-state index in [9.17, 15) is 0 Å². The second-order valence-corrected chi connectivity index (χ2v) is 8.81. The Bertz CT molecular complexity index is 1130. The number of rotatable bonds is 6. The van der Waals surface area contributed by atoms with Gasteiger partial charge in [-0.15, -0.1) is 0 Å². The van der Waals surface area contributed by atoms with E-state index in [0.717, 1.165) is 11.1 Å². The molecule has 2 heterocycles. The van der Waals surface area contributed by atoms with Crippen molar-refractivity contribution in [3.05, 3.63) is 92.1 Å². The van der Waals surface area contributed by atoms with Gasteiger partial charge in [0.1, 0.15) is 0 Å². The van der Waals surface area contributed by atoms with E-state index in [4.69, 9.17) is 58.6 Å². The van der Waals surface area contributed by atoms with Gasteiger partial charge in [-0.3, -0.25) is 9.36 Å². The number of halogens is 4. The molecule has 0 saturated carbocycles.